The molecule has 3 rings (SSSR count). The Labute approximate surface area is 161 Å². The first-order valence-electron chi connectivity index (χ1n) is 9.25. The Balaban J connectivity index is 1.49. The Morgan fingerprint density at radius 2 is 1.75 bits per heavy atom. The Kier molecular flexibility index (Phi) is 5.62. The van der Waals surface area contributed by atoms with Crippen LogP contribution in [0.4, 0.5) is 9.18 Å². The zero-order valence-corrected chi connectivity index (χ0v) is 15.6. The number of carbonyl (C=O) groups excluding carboxylic acids is 4. The van der Waals surface area contributed by atoms with Gasteiger partial charge in [-0.25, -0.2) is 9.18 Å². The van der Waals surface area contributed by atoms with Gasteiger partial charge in [-0.2, -0.15) is 0 Å². The Bertz CT molecular complexity index is 788. The summed E-state index contributed by atoms with van der Waals surface area (Å²) in [5.41, 5.74) is 4.09. The first kappa shape index (κ1) is 19.8. The van der Waals surface area contributed by atoms with E-state index in [9.17, 15) is 23.6 Å². The molecule has 9 heteroatoms. The molecule has 1 heterocycles. The summed E-state index contributed by atoms with van der Waals surface area (Å²) < 4.78 is 12.9. The van der Waals surface area contributed by atoms with Crippen molar-refractivity contribution in [3.05, 3.63) is 35.6 Å². The van der Waals surface area contributed by atoms with Crippen molar-refractivity contribution in [2.75, 3.05) is 6.54 Å². The van der Waals surface area contributed by atoms with Crippen LogP contribution in [0.15, 0.2) is 24.3 Å². The molecule has 0 aromatic heterocycles. The van der Waals surface area contributed by atoms with Gasteiger partial charge in [0.15, 0.2) is 0 Å². The van der Waals surface area contributed by atoms with E-state index < -0.39 is 41.7 Å². The minimum atomic E-state index is -0.907. The fourth-order valence-corrected chi connectivity index (χ4v) is 3.57. The van der Waals surface area contributed by atoms with Gasteiger partial charge in [0, 0.05) is 0 Å². The first-order chi connectivity index (χ1) is 13.3. The summed E-state index contributed by atoms with van der Waals surface area (Å²) in [6.07, 6.45) is 2.75. The van der Waals surface area contributed by atoms with Crippen molar-refractivity contribution in [2.45, 2.75) is 44.6 Å². The van der Waals surface area contributed by atoms with Gasteiger partial charge in [-0.1, -0.05) is 19.1 Å². The molecule has 0 atom stereocenters. The van der Waals surface area contributed by atoms with Crippen LogP contribution >= 0.6 is 0 Å². The number of hydrogen-bond donors (Lipinski definition) is 3. The normalized spacial score (nSPS) is 24.2. The maximum Gasteiger partial charge on any atom is 0.325 e. The molecule has 1 saturated heterocycles. The van der Waals surface area contributed by atoms with E-state index >= 15 is 0 Å². The van der Waals surface area contributed by atoms with Gasteiger partial charge >= 0.3 is 6.03 Å². The number of carbonyl (C=O) groups is 4. The van der Waals surface area contributed by atoms with E-state index in [1.165, 1.54) is 24.3 Å². The van der Waals surface area contributed by atoms with Crippen molar-refractivity contribution in [1.82, 2.24) is 21.1 Å². The highest BCUT2D eigenvalue weighted by Gasteiger charge is 2.52. The van der Waals surface area contributed by atoms with E-state index in [2.05, 4.69) is 23.1 Å². The summed E-state index contributed by atoms with van der Waals surface area (Å²) in [6.45, 7) is 1.63. The van der Waals surface area contributed by atoms with Crippen LogP contribution in [-0.4, -0.2) is 40.7 Å². The number of imide groups is 1. The summed E-state index contributed by atoms with van der Waals surface area (Å²) in [6, 6.07) is 4.82. The molecule has 1 aromatic rings. The molecule has 1 aliphatic heterocycles. The predicted molar refractivity (Wildman–Crippen MR) is 97.0 cm³/mol. The highest BCUT2D eigenvalue weighted by Crippen LogP contribution is 2.36. The maximum absolute atomic E-state index is 12.9. The van der Waals surface area contributed by atoms with Gasteiger partial charge in [-0.3, -0.25) is 30.1 Å². The molecule has 0 bridgehead atoms. The standard InChI is InChI=1S/C19H23FN4O4/c1-12-6-8-19(9-7-12)17(27)24(18(28)21-19)11-16(26)23-22-15(25)10-13-2-4-14(20)5-3-13/h2-5,12H,6-11H2,1H3,(H,21,28)(H,22,25)(H,23,26). The highest BCUT2D eigenvalue weighted by atomic mass is 19.1. The SMILES string of the molecule is CC1CCC2(CC1)NC(=O)N(CC(=O)NNC(=O)Cc1ccc(F)cc1)C2=O. The lowest BCUT2D eigenvalue weighted by Crippen LogP contribution is -2.51. The summed E-state index contributed by atoms with van der Waals surface area (Å²) in [7, 11) is 0. The fourth-order valence-electron chi connectivity index (χ4n) is 3.57. The number of amides is 5. The lowest BCUT2D eigenvalue weighted by molar-refractivity contribution is -0.136. The Morgan fingerprint density at radius 1 is 1.14 bits per heavy atom. The van der Waals surface area contributed by atoms with Crippen molar-refractivity contribution >= 4 is 23.8 Å². The lowest BCUT2D eigenvalue weighted by atomic mass is 9.77. The molecule has 3 N–H and O–H groups in total. The molecule has 0 radical (unpaired) electrons. The van der Waals surface area contributed by atoms with Crippen LogP contribution in [-0.2, 0) is 20.8 Å². The molecule has 1 aliphatic carbocycles. The number of nitrogens with zero attached hydrogens (tertiary/aromatic N) is 1. The Hall–Kier alpha value is -2.97. The van der Waals surface area contributed by atoms with E-state index in [1.54, 1.807) is 0 Å². The minimum absolute atomic E-state index is 0.0506. The zero-order chi connectivity index (χ0) is 20.3. The average Bonchev–Trinajstić information content (AvgIpc) is 2.89. The van der Waals surface area contributed by atoms with E-state index in [0.717, 1.165) is 17.7 Å². The molecule has 150 valence electrons. The molecule has 8 nitrogen and oxygen atoms in total. The Morgan fingerprint density at radius 3 is 2.39 bits per heavy atom. The molecule has 5 amide bonds. The molecule has 0 unspecified atom stereocenters. The molecule has 28 heavy (non-hydrogen) atoms. The van der Waals surface area contributed by atoms with Gasteiger partial charge in [-0.15, -0.1) is 0 Å². The fraction of sp³-hybridized carbons (Fsp3) is 0.474. The zero-order valence-electron chi connectivity index (χ0n) is 15.6. The van der Waals surface area contributed by atoms with Crippen molar-refractivity contribution in [1.29, 1.82) is 0 Å². The van der Waals surface area contributed by atoms with Crippen molar-refractivity contribution in [2.24, 2.45) is 5.92 Å². The van der Waals surface area contributed by atoms with Crippen LogP contribution in [0.3, 0.4) is 0 Å². The summed E-state index contributed by atoms with van der Waals surface area (Å²) in [4.78, 5) is 49.7. The molecule has 1 saturated carbocycles. The van der Waals surface area contributed by atoms with Crippen molar-refractivity contribution in [3.8, 4) is 0 Å². The third-order valence-electron chi connectivity index (χ3n) is 5.29. The number of nitrogens with one attached hydrogen (secondary N) is 3. The summed E-state index contributed by atoms with van der Waals surface area (Å²) in [5.74, 6) is -1.48. The molecule has 2 fully saturated rings. The molecule has 2 aliphatic rings. The van der Waals surface area contributed by atoms with Crippen molar-refractivity contribution in [3.63, 3.8) is 0 Å². The van der Waals surface area contributed by atoms with E-state index in [-0.39, 0.29) is 6.42 Å². The number of hydrogen-bond acceptors (Lipinski definition) is 4. The predicted octanol–water partition coefficient (Wildman–Crippen LogP) is 1.02. The quantitative estimate of drug-likeness (QED) is 0.527. The second-order valence-corrected chi connectivity index (χ2v) is 7.49. The van der Waals surface area contributed by atoms with Gasteiger partial charge in [0.25, 0.3) is 11.8 Å². The van der Waals surface area contributed by atoms with Crippen LogP contribution in [0.1, 0.15) is 38.2 Å². The second kappa shape index (κ2) is 7.95. The van der Waals surface area contributed by atoms with Crippen LogP contribution in [0.2, 0.25) is 0 Å². The average molecular weight is 390 g/mol. The summed E-state index contributed by atoms with van der Waals surface area (Å²) >= 11 is 0. The lowest BCUT2D eigenvalue weighted by Gasteiger charge is -2.33. The number of rotatable bonds is 4. The third kappa shape index (κ3) is 4.29. The van der Waals surface area contributed by atoms with Gasteiger partial charge < -0.3 is 5.32 Å². The van der Waals surface area contributed by atoms with E-state index in [0.29, 0.717) is 24.3 Å². The van der Waals surface area contributed by atoms with Gasteiger partial charge in [0.1, 0.15) is 17.9 Å². The molecule has 1 aromatic carbocycles. The minimum Gasteiger partial charge on any atom is -0.323 e. The van der Waals surface area contributed by atoms with Crippen LogP contribution in [0.25, 0.3) is 0 Å². The van der Waals surface area contributed by atoms with E-state index in [1.807, 2.05) is 0 Å². The number of benzene rings is 1. The highest BCUT2D eigenvalue weighted by molar-refractivity contribution is 6.09. The monoisotopic (exact) mass is 390 g/mol. The van der Waals surface area contributed by atoms with Gasteiger partial charge in [0.05, 0.1) is 6.42 Å². The smallest absolute Gasteiger partial charge is 0.323 e. The molecular weight excluding hydrogens is 367 g/mol. The molecule has 1 spiro atoms. The number of halogens is 1. The van der Waals surface area contributed by atoms with Gasteiger partial charge in [0.2, 0.25) is 5.91 Å². The van der Waals surface area contributed by atoms with Crippen LogP contribution < -0.4 is 16.2 Å². The first-order valence-corrected chi connectivity index (χ1v) is 9.25. The third-order valence-corrected chi connectivity index (χ3v) is 5.29. The maximum atomic E-state index is 12.9. The van der Waals surface area contributed by atoms with Crippen LogP contribution in [0.5, 0.6) is 0 Å². The molecular formula is C19H23FN4O4. The van der Waals surface area contributed by atoms with Gasteiger partial charge in [-0.05, 0) is 49.3 Å². The second-order valence-electron chi connectivity index (χ2n) is 7.49. The summed E-state index contributed by atoms with van der Waals surface area (Å²) in [5, 5.41) is 2.74. The van der Waals surface area contributed by atoms with Crippen LogP contribution in [0, 0.1) is 11.7 Å². The number of urea groups is 1. The van der Waals surface area contributed by atoms with Crippen molar-refractivity contribution < 1.29 is 23.6 Å². The largest absolute Gasteiger partial charge is 0.325 e. The topological polar surface area (TPSA) is 108 Å². The van der Waals surface area contributed by atoms with E-state index in [4.69, 9.17) is 0 Å². The number of hydrazine groups is 1.